The van der Waals surface area contributed by atoms with E-state index < -0.39 is 5.82 Å². The highest BCUT2D eigenvalue weighted by Crippen LogP contribution is 2.40. The number of ether oxygens (including phenoxy) is 1. The first-order valence-corrected chi connectivity index (χ1v) is 14.4. The van der Waals surface area contributed by atoms with E-state index in [4.69, 9.17) is 20.4 Å². The van der Waals surface area contributed by atoms with Gasteiger partial charge in [0.05, 0.1) is 24.6 Å². The SMILES string of the molecule is Nc1ncc(-c2nc(N3CCOCC3)nc3c2CCN3c2ccc(C(=O)N3CCN(c4ccncc4)CC3)cc2F)cn1. The third kappa shape index (κ3) is 5.27. The fourth-order valence-corrected chi connectivity index (χ4v) is 5.85. The summed E-state index contributed by atoms with van der Waals surface area (Å²) in [5, 5.41) is 0. The van der Waals surface area contributed by atoms with Crippen LogP contribution in [0, 0.1) is 5.82 Å². The molecule has 12 nitrogen and oxygen atoms in total. The van der Waals surface area contributed by atoms with Crippen LogP contribution in [0.4, 0.5) is 33.5 Å². The van der Waals surface area contributed by atoms with Gasteiger partial charge in [-0.15, -0.1) is 0 Å². The molecule has 2 saturated heterocycles. The number of hydrogen-bond donors (Lipinski definition) is 1. The topological polar surface area (TPSA) is 130 Å². The maximum Gasteiger partial charge on any atom is 0.254 e. The number of pyridine rings is 1. The first-order chi connectivity index (χ1) is 21.0. The predicted octanol–water partition coefficient (Wildman–Crippen LogP) is 2.54. The third-order valence-electron chi connectivity index (χ3n) is 8.13. The molecule has 1 amide bonds. The van der Waals surface area contributed by atoms with Crippen LogP contribution < -0.4 is 20.4 Å². The molecule has 7 rings (SSSR count). The summed E-state index contributed by atoms with van der Waals surface area (Å²) >= 11 is 0. The van der Waals surface area contributed by atoms with Crippen molar-refractivity contribution in [2.24, 2.45) is 0 Å². The van der Waals surface area contributed by atoms with Crippen molar-refractivity contribution >= 4 is 35.0 Å². The van der Waals surface area contributed by atoms with Gasteiger partial charge in [0.1, 0.15) is 11.6 Å². The van der Waals surface area contributed by atoms with E-state index in [-0.39, 0.29) is 11.9 Å². The molecule has 2 N–H and O–H groups in total. The van der Waals surface area contributed by atoms with E-state index >= 15 is 4.39 Å². The van der Waals surface area contributed by atoms with E-state index in [1.54, 1.807) is 41.8 Å². The molecule has 0 aliphatic carbocycles. The van der Waals surface area contributed by atoms with Gasteiger partial charge in [-0.2, -0.15) is 4.98 Å². The smallest absolute Gasteiger partial charge is 0.254 e. The van der Waals surface area contributed by atoms with Gasteiger partial charge < -0.3 is 30.1 Å². The van der Waals surface area contributed by atoms with Gasteiger partial charge in [0.25, 0.3) is 5.91 Å². The standard InChI is InChI=1S/C30H31FN10O2/c31-24-17-20(28(42)39-11-9-38(10-12-39)22-3-6-33-7-4-22)1-2-25(24)41-8-5-23-26(21-18-34-29(32)35-19-21)36-30(37-27(23)41)40-13-15-43-16-14-40/h1-4,6-7,17-19H,5,8-16H2,(H2,32,34,35). The van der Waals surface area contributed by atoms with E-state index in [1.807, 2.05) is 17.0 Å². The number of benzene rings is 1. The minimum Gasteiger partial charge on any atom is -0.378 e. The van der Waals surface area contributed by atoms with Crippen molar-refractivity contribution in [1.82, 2.24) is 29.8 Å². The molecule has 0 spiro atoms. The summed E-state index contributed by atoms with van der Waals surface area (Å²) in [6.07, 6.45) is 7.43. The summed E-state index contributed by atoms with van der Waals surface area (Å²) < 4.78 is 21.3. The molecule has 0 atom stereocenters. The zero-order valence-corrected chi connectivity index (χ0v) is 23.6. The second kappa shape index (κ2) is 11.4. The number of anilines is 5. The van der Waals surface area contributed by atoms with Crippen molar-refractivity contribution in [1.29, 1.82) is 0 Å². The van der Waals surface area contributed by atoms with Gasteiger partial charge in [0.15, 0.2) is 0 Å². The number of piperazine rings is 1. The fourth-order valence-electron chi connectivity index (χ4n) is 5.85. The molecular formula is C30H31FN10O2. The Bertz CT molecular complexity index is 1620. The number of morpholine rings is 1. The Kier molecular flexibility index (Phi) is 7.15. The van der Waals surface area contributed by atoms with Gasteiger partial charge in [-0.25, -0.2) is 19.3 Å². The minimum atomic E-state index is -0.474. The van der Waals surface area contributed by atoms with E-state index in [0.717, 1.165) is 16.8 Å². The van der Waals surface area contributed by atoms with Crippen LogP contribution in [0.1, 0.15) is 15.9 Å². The third-order valence-corrected chi connectivity index (χ3v) is 8.13. The summed E-state index contributed by atoms with van der Waals surface area (Å²) in [4.78, 5) is 43.4. The van der Waals surface area contributed by atoms with Crippen molar-refractivity contribution in [3.05, 3.63) is 72.1 Å². The Hall–Kier alpha value is -4.91. The molecule has 0 saturated carbocycles. The average Bonchev–Trinajstić information content (AvgIpc) is 3.49. The monoisotopic (exact) mass is 582 g/mol. The lowest BCUT2D eigenvalue weighted by Crippen LogP contribution is -2.48. The molecule has 0 bridgehead atoms. The highest BCUT2D eigenvalue weighted by molar-refractivity contribution is 5.95. The van der Waals surface area contributed by atoms with Crippen LogP contribution in [0.2, 0.25) is 0 Å². The molecule has 1 aromatic carbocycles. The van der Waals surface area contributed by atoms with Gasteiger partial charge in [-0.05, 0) is 36.8 Å². The zero-order valence-electron chi connectivity index (χ0n) is 23.6. The number of fused-ring (bicyclic) bond motifs is 1. The normalized spacial score (nSPS) is 16.9. The second-order valence-electron chi connectivity index (χ2n) is 10.7. The Labute approximate surface area is 248 Å². The Morgan fingerprint density at radius 2 is 1.63 bits per heavy atom. The van der Waals surface area contributed by atoms with Gasteiger partial charge in [0.2, 0.25) is 11.9 Å². The molecule has 3 aliphatic heterocycles. The summed E-state index contributed by atoms with van der Waals surface area (Å²) in [5.74, 6) is 0.700. The largest absolute Gasteiger partial charge is 0.378 e. The van der Waals surface area contributed by atoms with Crippen LogP contribution >= 0.6 is 0 Å². The van der Waals surface area contributed by atoms with Crippen molar-refractivity contribution in [2.75, 3.05) is 79.5 Å². The molecule has 4 aromatic rings. The lowest BCUT2D eigenvalue weighted by molar-refractivity contribution is 0.0746. The molecule has 0 unspecified atom stereocenters. The summed E-state index contributed by atoms with van der Waals surface area (Å²) in [7, 11) is 0. The minimum absolute atomic E-state index is 0.177. The lowest BCUT2D eigenvalue weighted by Gasteiger charge is -2.36. The van der Waals surface area contributed by atoms with Crippen LogP contribution in [-0.4, -0.2) is 94.8 Å². The molecule has 2 fully saturated rings. The van der Waals surface area contributed by atoms with Crippen LogP contribution in [0.3, 0.4) is 0 Å². The quantitative estimate of drug-likeness (QED) is 0.373. The number of hydrogen-bond acceptors (Lipinski definition) is 11. The van der Waals surface area contributed by atoms with Crippen LogP contribution in [0.25, 0.3) is 11.3 Å². The summed E-state index contributed by atoms with van der Waals surface area (Å²) in [5.41, 5.74) is 9.81. The van der Waals surface area contributed by atoms with Crippen molar-refractivity contribution in [3.8, 4) is 11.3 Å². The van der Waals surface area contributed by atoms with Crippen molar-refractivity contribution in [2.45, 2.75) is 6.42 Å². The summed E-state index contributed by atoms with van der Waals surface area (Å²) in [6, 6.07) is 8.64. The Morgan fingerprint density at radius 3 is 2.35 bits per heavy atom. The molecule has 0 radical (unpaired) electrons. The first kappa shape index (κ1) is 27.0. The maximum atomic E-state index is 15.8. The van der Waals surface area contributed by atoms with Crippen molar-refractivity contribution in [3.63, 3.8) is 0 Å². The number of carbonyl (C=O) groups excluding carboxylic acids is 1. The van der Waals surface area contributed by atoms with Gasteiger partial charge >= 0.3 is 0 Å². The predicted molar refractivity (Wildman–Crippen MR) is 160 cm³/mol. The van der Waals surface area contributed by atoms with Crippen LogP contribution in [0.15, 0.2) is 55.1 Å². The summed E-state index contributed by atoms with van der Waals surface area (Å²) in [6.45, 7) is 5.49. The second-order valence-corrected chi connectivity index (χ2v) is 10.7. The molecule has 3 aliphatic rings. The van der Waals surface area contributed by atoms with E-state index in [2.05, 4.69) is 24.8 Å². The van der Waals surface area contributed by atoms with Gasteiger partial charge in [-0.1, -0.05) is 0 Å². The highest BCUT2D eigenvalue weighted by atomic mass is 19.1. The Balaban J connectivity index is 1.15. The number of nitrogen functional groups attached to an aromatic ring is 1. The molecule has 6 heterocycles. The molecule has 3 aromatic heterocycles. The number of halogens is 1. The maximum absolute atomic E-state index is 15.8. The molecular weight excluding hydrogens is 551 g/mol. The van der Waals surface area contributed by atoms with Crippen molar-refractivity contribution < 1.29 is 13.9 Å². The number of nitrogens with zero attached hydrogens (tertiary/aromatic N) is 9. The number of aromatic nitrogens is 5. The zero-order chi connectivity index (χ0) is 29.3. The number of carbonyl (C=O) groups is 1. The van der Waals surface area contributed by atoms with E-state index in [0.29, 0.717) is 94.2 Å². The van der Waals surface area contributed by atoms with Gasteiger partial charge in [0, 0.05) is 93.0 Å². The molecule has 43 heavy (non-hydrogen) atoms. The number of rotatable bonds is 5. The average molecular weight is 583 g/mol. The van der Waals surface area contributed by atoms with Crippen LogP contribution in [-0.2, 0) is 11.2 Å². The molecule has 13 heteroatoms. The lowest BCUT2D eigenvalue weighted by atomic mass is 10.1. The highest BCUT2D eigenvalue weighted by Gasteiger charge is 2.31. The molecule has 220 valence electrons. The Morgan fingerprint density at radius 1 is 0.884 bits per heavy atom. The van der Waals surface area contributed by atoms with Gasteiger partial charge in [-0.3, -0.25) is 9.78 Å². The number of amides is 1. The fraction of sp³-hybridized carbons (Fsp3) is 0.333. The number of nitrogens with two attached hydrogens (primary N) is 1. The first-order valence-electron chi connectivity index (χ1n) is 14.4. The van der Waals surface area contributed by atoms with E-state index in [1.165, 1.54) is 6.07 Å². The van der Waals surface area contributed by atoms with Crippen LogP contribution in [0.5, 0.6) is 0 Å². The van der Waals surface area contributed by atoms with E-state index in [9.17, 15) is 4.79 Å².